The van der Waals surface area contributed by atoms with Gasteiger partial charge in [0.1, 0.15) is 5.75 Å². The van der Waals surface area contributed by atoms with Gasteiger partial charge in [-0.05, 0) is 30.7 Å². The van der Waals surface area contributed by atoms with E-state index < -0.39 is 5.97 Å². The van der Waals surface area contributed by atoms with Crippen LogP contribution in [0.2, 0.25) is 0 Å². The highest BCUT2D eigenvalue weighted by atomic mass is 16.5. The molecule has 17 heavy (non-hydrogen) atoms. The second-order valence-electron chi connectivity index (χ2n) is 3.84. The first kappa shape index (κ1) is 11.4. The molecule has 0 aliphatic rings. The molecule has 4 heteroatoms. The summed E-state index contributed by atoms with van der Waals surface area (Å²) in [6, 6.07) is 5.46. The van der Waals surface area contributed by atoms with Crippen molar-refractivity contribution < 1.29 is 14.6 Å². The Morgan fingerprint density at radius 3 is 2.82 bits per heavy atom. The number of nitrogens with zero attached hydrogens (tertiary/aromatic N) is 1. The molecule has 0 bridgehead atoms. The maximum atomic E-state index is 10.9. The Hall–Kier alpha value is -2.10. The van der Waals surface area contributed by atoms with Gasteiger partial charge in [-0.3, -0.25) is 9.78 Å². The molecule has 1 N–H and O–H groups in total. The number of hydrogen-bond donors (Lipinski definition) is 1. The van der Waals surface area contributed by atoms with Gasteiger partial charge < -0.3 is 9.84 Å². The van der Waals surface area contributed by atoms with Gasteiger partial charge in [0, 0.05) is 17.1 Å². The number of carboxylic acid groups (broad SMARTS) is 1. The van der Waals surface area contributed by atoms with Gasteiger partial charge in [-0.2, -0.15) is 0 Å². The average molecular weight is 231 g/mol. The van der Waals surface area contributed by atoms with Crippen molar-refractivity contribution in [3.63, 3.8) is 0 Å². The molecular weight excluding hydrogens is 218 g/mol. The van der Waals surface area contributed by atoms with Gasteiger partial charge in [0.05, 0.1) is 19.0 Å². The zero-order chi connectivity index (χ0) is 12.4. The van der Waals surface area contributed by atoms with E-state index in [0.29, 0.717) is 11.3 Å². The predicted octanol–water partition coefficient (Wildman–Crippen LogP) is 2.18. The van der Waals surface area contributed by atoms with Crippen LogP contribution in [-0.2, 0) is 11.2 Å². The second kappa shape index (κ2) is 4.41. The van der Waals surface area contributed by atoms with Crippen LogP contribution in [0.5, 0.6) is 5.75 Å². The van der Waals surface area contributed by atoms with Crippen molar-refractivity contribution in [2.45, 2.75) is 13.3 Å². The summed E-state index contributed by atoms with van der Waals surface area (Å²) in [5.74, 6) is -0.282. The maximum absolute atomic E-state index is 10.9. The second-order valence-corrected chi connectivity index (χ2v) is 3.84. The molecule has 0 saturated carbocycles. The Kier molecular flexibility index (Phi) is 2.95. The number of carbonyl (C=O) groups is 1. The minimum Gasteiger partial charge on any atom is -0.496 e. The van der Waals surface area contributed by atoms with Crippen molar-refractivity contribution >= 4 is 16.9 Å². The first-order valence-electron chi connectivity index (χ1n) is 5.26. The molecule has 0 saturated heterocycles. The number of aliphatic carboxylic acids is 1. The summed E-state index contributed by atoms with van der Waals surface area (Å²) in [5, 5.41) is 9.83. The fourth-order valence-electron chi connectivity index (χ4n) is 1.99. The van der Waals surface area contributed by atoms with E-state index in [-0.39, 0.29) is 6.42 Å². The summed E-state index contributed by atoms with van der Waals surface area (Å²) in [7, 11) is 1.54. The molecule has 0 unspecified atom stereocenters. The largest absolute Gasteiger partial charge is 0.496 e. The van der Waals surface area contributed by atoms with Crippen LogP contribution in [0, 0.1) is 6.92 Å². The van der Waals surface area contributed by atoms with E-state index in [4.69, 9.17) is 9.84 Å². The summed E-state index contributed by atoms with van der Waals surface area (Å²) in [4.78, 5) is 15.2. The highest BCUT2D eigenvalue weighted by Gasteiger charge is 2.13. The summed E-state index contributed by atoms with van der Waals surface area (Å²) in [5.41, 5.74) is 2.48. The molecule has 1 heterocycles. The van der Waals surface area contributed by atoms with Gasteiger partial charge in [0.25, 0.3) is 0 Å². The highest BCUT2D eigenvalue weighted by Crippen LogP contribution is 2.29. The topological polar surface area (TPSA) is 59.4 Å². The molecule has 0 atom stereocenters. The molecule has 1 aromatic carbocycles. The number of fused-ring (bicyclic) bond motifs is 1. The van der Waals surface area contributed by atoms with E-state index >= 15 is 0 Å². The maximum Gasteiger partial charge on any atom is 0.307 e. The van der Waals surface area contributed by atoms with Crippen LogP contribution in [0.1, 0.15) is 11.1 Å². The number of aromatic nitrogens is 1. The Morgan fingerprint density at radius 2 is 2.18 bits per heavy atom. The number of benzene rings is 1. The quantitative estimate of drug-likeness (QED) is 0.879. The molecule has 88 valence electrons. The van der Waals surface area contributed by atoms with E-state index in [9.17, 15) is 4.79 Å². The Balaban J connectivity index is 2.77. The third kappa shape index (κ3) is 2.06. The summed E-state index contributed by atoms with van der Waals surface area (Å²) in [6.45, 7) is 1.94. The standard InChI is InChI=1S/C13H13NO3/c1-8-5-6-14-10-3-4-11(17-2)9(13(8)10)7-12(15)16/h3-6H,7H2,1-2H3,(H,15,16). The Labute approximate surface area is 98.9 Å². The normalized spacial score (nSPS) is 10.5. The lowest BCUT2D eigenvalue weighted by Crippen LogP contribution is -2.04. The summed E-state index contributed by atoms with van der Waals surface area (Å²) >= 11 is 0. The lowest BCUT2D eigenvalue weighted by Gasteiger charge is -2.11. The molecule has 4 nitrogen and oxygen atoms in total. The lowest BCUT2D eigenvalue weighted by atomic mass is 10.0. The molecule has 0 radical (unpaired) electrons. The first-order chi connectivity index (χ1) is 8.13. The number of hydrogen-bond acceptors (Lipinski definition) is 3. The molecule has 2 rings (SSSR count). The molecule has 1 aromatic heterocycles. The van der Waals surface area contributed by atoms with Crippen LogP contribution in [0.15, 0.2) is 24.4 Å². The molecule has 0 aliphatic heterocycles. The van der Waals surface area contributed by atoms with Gasteiger partial charge in [-0.1, -0.05) is 0 Å². The first-order valence-corrected chi connectivity index (χ1v) is 5.26. The van der Waals surface area contributed by atoms with Crippen molar-refractivity contribution in [2.24, 2.45) is 0 Å². The average Bonchev–Trinajstić information content (AvgIpc) is 2.28. The Morgan fingerprint density at radius 1 is 1.41 bits per heavy atom. The van der Waals surface area contributed by atoms with Gasteiger partial charge in [-0.25, -0.2) is 0 Å². The van der Waals surface area contributed by atoms with Crippen molar-refractivity contribution in [2.75, 3.05) is 7.11 Å². The summed E-state index contributed by atoms with van der Waals surface area (Å²) in [6.07, 6.45) is 1.65. The van der Waals surface area contributed by atoms with Crippen LogP contribution < -0.4 is 4.74 Å². The number of methoxy groups -OCH3 is 1. The van der Waals surface area contributed by atoms with Crippen LogP contribution in [-0.4, -0.2) is 23.2 Å². The molecule has 2 aromatic rings. The zero-order valence-electron chi connectivity index (χ0n) is 9.73. The minimum absolute atomic E-state index is 0.0625. The number of ether oxygens (including phenoxy) is 1. The van der Waals surface area contributed by atoms with Gasteiger partial charge in [-0.15, -0.1) is 0 Å². The zero-order valence-corrected chi connectivity index (χ0v) is 9.73. The third-order valence-electron chi connectivity index (χ3n) is 2.73. The smallest absolute Gasteiger partial charge is 0.307 e. The van der Waals surface area contributed by atoms with Crippen molar-refractivity contribution in [3.05, 3.63) is 35.5 Å². The van der Waals surface area contributed by atoms with Crippen LogP contribution in [0.4, 0.5) is 0 Å². The van der Waals surface area contributed by atoms with Crippen LogP contribution in [0.25, 0.3) is 10.9 Å². The van der Waals surface area contributed by atoms with Crippen molar-refractivity contribution in [3.8, 4) is 5.75 Å². The van der Waals surface area contributed by atoms with Crippen molar-refractivity contribution in [1.29, 1.82) is 0 Å². The Bertz CT molecular complexity index is 578. The van der Waals surface area contributed by atoms with E-state index in [1.165, 1.54) is 7.11 Å². The van der Waals surface area contributed by atoms with E-state index in [1.807, 2.05) is 19.1 Å². The number of carboxylic acids is 1. The fraction of sp³-hybridized carbons (Fsp3) is 0.231. The lowest BCUT2D eigenvalue weighted by molar-refractivity contribution is -0.136. The molecule has 0 fully saturated rings. The highest BCUT2D eigenvalue weighted by molar-refractivity contribution is 5.90. The third-order valence-corrected chi connectivity index (χ3v) is 2.73. The van der Waals surface area contributed by atoms with E-state index in [0.717, 1.165) is 16.5 Å². The molecule has 0 aliphatic carbocycles. The molecular formula is C13H13NO3. The number of rotatable bonds is 3. The van der Waals surface area contributed by atoms with Gasteiger partial charge in [0.15, 0.2) is 0 Å². The number of pyridine rings is 1. The fourth-order valence-corrected chi connectivity index (χ4v) is 1.99. The summed E-state index contributed by atoms with van der Waals surface area (Å²) < 4.78 is 5.22. The van der Waals surface area contributed by atoms with Crippen molar-refractivity contribution in [1.82, 2.24) is 4.98 Å². The minimum atomic E-state index is -0.876. The molecule has 0 amide bonds. The monoisotopic (exact) mass is 231 g/mol. The van der Waals surface area contributed by atoms with Gasteiger partial charge in [0.2, 0.25) is 0 Å². The van der Waals surface area contributed by atoms with E-state index in [1.54, 1.807) is 12.3 Å². The van der Waals surface area contributed by atoms with Crippen LogP contribution >= 0.6 is 0 Å². The number of aryl methyl sites for hydroxylation is 1. The molecule has 0 spiro atoms. The predicted molar refractivity (Wildman–Crippen MR) is 64.4 cm³/mol. The van der Waals surface area contributed by atoms with Gasteiger partial charge >= 0.3 is 5.97 Å². The van der Waals surface area contributed by atoms with Crippen LogP contribution in [0.3, 0.4) is 0 Å². The SMILES string of the molecule is COc1ccc2nccc(C)c2c1CC(=O)O. The van der Waals surface area contributed by atoms with E-state index in [2.05, 4.69) is 4.98 Å².